The highest BCUT2D eigenvalue weighted by molar-refractivity contribution is 6.07. The third-order valence-electron chi connectivity index (χ3n) is 7.06. The Morgan fingerprint density at radius 3 is 2.64 bits per heavy atom. The van der Waals surface area contributed by atoms with Gasteiger partial charge in [-0.3, -0.25) is 19.2 Å². The van der Waals surface area contributed by atoms with Crippen LogP contribution in [0.25, 0.3) is 5.57 Å². The number of rotatable bonds is 6. The van der Waals surface area contributed by atoms with Gasteiger partial charge in [-0.1, -0.05) is 19.1 Å². The van der Waals surface area contributed by atoms with Crippen LogP contribution in [0.15, 0.2) is 53.7 Å². The van der Waals surface area contributed by atoms with Crippen LogP contribution in [0.1, 0.15) is 53.7 Å². The van der Waals surface area contributed by atoms with Crippen molar-refractivity contribution in [1.29, 1.82) is 0 Å². The molecule has 3 heterocycles. The maximum absolute atomic E-state index is 13.4. The number of allylic oxidation sites excluding steroid dienone is 2. The van der Waals surface area contributed by atoms with Gasteiger partial charge in [0.15, 0.2) is 0 Å². The number of aryl methyl sites for hydroxylation is 1. The Hall–Kier alpha value is -4.21. The van der Waals surface area contributed by atoms with Crippen molar-refractivity contribution in [2.75, 3.05) is 22.9 Å². The molecular weight excluding hydrogens is 458 g/mol. The van der Waals surface area contributed by atoms with Gasteiger partial charge in [0.1, 0.15) is 12.1 Å². The van der Waals surface area contributed by atoms with Crippen LogP contribution in [0.4, 0.5) is 16.3 Å². The highest BCUT2D eigenvalue weighted by Crippen LogP contribution is 2.37. The molecule has 1 fully saturated rings. The molecule has 3 aromatic rings. The van der Waals surface area contributed by atoms with Crippen molar-refractivity contribution in [3.63, 3.8) is 0 Å². The van der Waals surface area contributed by atoms with Gasteiger partial charge in [-0.05, 0) is 61.1 Å². The van der Waals surface area contributed by atoms with Gasteiger partial charge >= 0.3 is 11.7 Å². The van der Waals surface area contributed by atoms with E-state index in [1.807, 2.05) is 6.07 Å². The fraction of sp³-hybridized carbons (Fsp3) is 0.346. The first kappa shape index (κ1) is 23.5. The second-order valence-electron chi connectivity index (χ2n) is 9.12. The number of benzene rings is 1. The Kier molecular flexibility index (Phi) is 6.17. The van der Waals surface area contributed by atoms with Gasteiger partial charge in [0.2, 0.25) is 5.91 Å². The predicted molar refractivity (Wildman–Crippen MR) is 137 cm³/mol. The molecule has 0 saturated carbocycles. The van der Waals surface area contributed by atoms with E-state index in [1.165, 1.54) is 10.3 Å². The van der Waals surface area contributed by atoms with Gasteiger partial charge in [-0.15, -0.1) is 0 Å². The van der Waals surface area contributed by atoms with E-state index in [-0.39, 0.29) is 17.8 Å². The minimum Gasteiger partial charge on any atom is -0.366 e. The monoisotopic (exact) mass is 487 g/mol. The van der Waals surface area contributed by atoms with Gasteiger partial charge in [0.05, 0.1) is 0 Å². The van der Waals surface area contributed by atoms with E-state index in [2.05, 4.69) is 23.1 Å². The van der Waals surface area contributed by atoms with Crippen molar-refractivity contribution >= 4 is 29.0 Å². The van der Waals surface area contributed by atoms with E-state index in [1.54, 1.807) is 58.2 Å². The van der Waals surface area contributed by atoms with Gasteiger partial charge in [-0.25, -0.2) is 19.3 Å². The Labute approximate surface area is 208 Å². The molecule has 0 radical (unpaired) electrons. The summed E-state index contributed by atoms with van der Waals surface area (Å²) in [6.45, 7) is 3.05. The molecular formula is C26H29N7O3. The Bertz CT molecular complexity index is 1420. The van der Waals surface area contributed by atoms with Crippen molar-refractivity contribution < 1.29 is 9.59 Å². The van der Waals surface area contributed by atoms with E-state index in [0.717, 1.165) is 36.8 Å². The number of primary amides is 1. The summed E-state index contributed by atoms with van der Waals surface area (Å²) >= 11 is 0. The maximum Gasteiger partial charge on any atom is 0.345 e. The molecule has 1 unspecified atom stereocenters. The zero-order valence-corrected chi connectivity index (χ0v) is 20.4. The SMILES string of the molecule is CCc1c(C2=CCC(n3cnn(C)c3=O)CC2)ccnc1N1CCN(c2cccc(C(N)=O)c2)C1=O. The van der Waals surface area contributed by atoms with Crippen LogP contribution in [-0.4, -0.2) is 44.4 Å². The highest BCUT2D eigenvalue weighted by Gasteiger charge is 2.33. The third-order valence-corrected chi connectivity index (χ3v) is 7.06. The molecule has 186 valence electrons. The molecule has 2 N–H and O–H groups in total. The number of amides is 3. The number of anilines is 2. The van der Waals surface area contributed by atoms with E-state index < -0.39 is 5.91 Å². The molecule has 0 spiro atoms. The lowest BCUT2D eigenvalue weighted by Gasteiger charge is -2.25. The minimum absolute atomic E-state index is 0.0891. The van der Waals surface area contributed by atoms with Crippen molar-refractivity contribution in [1.82, 2.24) is 19.3 Å². The largest absolute Gasteiger partial charge is 0.366 e. The molecule has 10 heteroatoms. The van der Waals surface area contributed by atoms with Crippen LogP contribution < -0.4 is 21.2 Å². The minimum atomic E-state index is -0.528. The number of carbonyl (C=O) groups excluding carboxylic acids is 2. The van der Waals surface area contributed by atoms with Crippen LogP contribution in [0, 0.1) is 0 Å². The normalized spacial score (nSPS) is 18.0. The van der Waals surface area contributed by atoms with E-state index in [9.17, 15) is 14.4 Å². The molecule has 1 atom stereocenters. The van der Waals surface area contributed by atoms with Gasteiger partial charge in [0, 0.05) is 49.2 Å². The summed E-state index contributed by atoms with van der Waals surface area (Å²) in [5.74, 6) is 0.138. The zero-order chi connectivity index (χ0) is 25.4. The van der Waals surface area contributed by atoms with Crippen LogP contribution >= 0.6 is 0 Å². The molecule has 1 aromatic carbocycles. The average molecular weight is 488 g/mol. The second kappa shape index (κ2) is 9.44. The molecule has 1 aliphatic carbocycles. The number of nitrogens with two attached hydrogens (primary N) is 1. The number of aromatic nitrogens is 4. The summed E-state index contributed by atoms with van der Waals surface area (Å²) < 4.78 is 3.06. The molecule has 5 rings (SSSR count). The van der Waals surface area contributed by atoms with Crippen molar-refractivity contribution in [3.8, 4) is 0 Å². The van der Waals surface area contributed by atoms with Crippen LogP contribution in [0.3, 0.4) is 0 Å². The quantitative estimate of drug-likeness (QED) is 0.573. The molecule has 36 heavy (non-hydrogen) atoms. The molecule has 10 nitrogen and oxygen atoms in total. The van der Waals surface area contributed by atoms with E-state index >= 15 is 0 Å². The first-order valence-corrected chi connectivity index (χ1v) is 12.1. The third kappa shape index (κ3) is 4.08. The lowest BCUT2D eigenvalue weighted by molar-refractivity contribution is 0.1000. The van der Waals surface area contributed by atoms with Crippen molar-refractivity contribution in [2.45, 2.75) is 38.6 Å². The van der Waals surface area contributed by atoms with Crippen molar-refractivity contribution in [2.24, 2.45) is 12.8 Å². The zero-order valence-electron chi connectivity index (χ0n) is 20.4. The predicted octanol–water partition coefficient (Wildman–Crippen LogP) is 2.89. The van der Waals surface area contributed by atoms with Gasteiger partial charge in [0.25, 0.3) is 0 Å². The molecule has 2 aliphatic rings. The maximum atomic E-state index is 13.4. The summed E-state index contributed by atoms with van der Waals surface area (Å²) in [4.78, 5) is 45.3. The summed E-state index contributed by atoms with van der Waals surface area (Å²) in [6, 6.07) is 8.73. The van der Waals surface area contributed by atoms with Crippen molar-refractivity contribution in [3.05, 3.63) is 76.1 Å². The first-order valence-electron chi connectivity index (χ1n) is 12.1. The topological polar surface area (TPSA) is 119 Å². The number of urea groups is 1. The Morgan fingerprint density at radius 1 is 1.17 bits per heavy atom. The summed E-state index contributed by atoms with van der Waals surface area (Å²) in [6.07, 6.45) is 8.69. The molecule has 1 aliphatic heterocycles. The molecule has 0 bridgehead atoms. The number of hydrogen-bond acceptors (Lipinski definition) is 5. The lowest BCUT2D eigenvalue weighted by atomic mass is 9.88. The summed E-state index contributed by atoms with van der Waals surface area (Å²) in [5.41, 5.74) is 9.66. The van der Waals surface area contributed by atoms with Crippen LogP contribution in [0.2, 0.25) is 0 Å². The highest BCUT2D eigenvalue weighted by atomic mass is 16.2. The lowest BCUT2D eigenvalue weighted by Crippen LogP contribution is -2.33. The smallest absolute Gasteiger partial charge is 0.345 e. The number of carbonyl (C=O) groups is 2. The van der Waals surface area contributed by atoms with Crippen LogP contribution in [-0.2, 0) is 13.5 Å². The first-order chi connectivity index (χ1) is 17.4. The Morgan fingerprint density at radius 2 is 1.97 bits per heavy atom. The second-order valence-corrected chi connectivity index (χ2v) is 9.12. The van der Waals surface area contributed by atoms with Gasteiger partial charge < -0.3 is 5.73 Å². The van der Waals surface area contributed by atoms with Gasteiger partial charge in [-0.2, -0.15) is 5.10 Å². The molecule has 1 saturated heterocycles. The van der Waals surface area contributed by atoms with E-state index in [4.69, 9.17) is 5.73 Å². The Balaban J connectivity index is 1.41. The number of pyridine rings is 1. The standard InChI is InChI=1S/C26H29N7O3/c1-3-21-22(17-7-9-19(10-8-17)33-16-29-30(2)25(33)35)11-12-28-24(21)32-14-13-31(26(32)36)20-6-4-5-18(15-20)23(27)34/h4-7,11-12,15-16,19H,3,8-10,13-14H2,1-2H3,(H2,27,34). The summed E-state index contributed by atoms with van der Waals surface area (Å²) in [7, 11) is 1.66. The van der Waals surface area contributed by atoms with Crippen LogP contribution in [0.5, 0.6) is 0 Å². The summed E-state index contributed by atoms with van der Waals surface area (Å²) in [5, 5.41) is 4.07. The fourth-order valence-corrected chi connectivity index (χ4v) is 5.13. The fourth-order valence-electron chi connectivity index (χ4n) is 5.13. The van der Waals surface area contributed by atoms with E-state index in [0.29, 0.717) is 30.2 Å². The number of nitrogens with zero attached hydrogens (tertiary/aromatic N) is 6. The molecule has 3 amide bonds. The average Bonchev–Trinajstić information content (AvgIpc) is 3.45. The number of hydrogen-bond donors (Lipinski definition) is 1. The molecule has 2 aromatic heterocycles.